The zero-order valence-electron chi connectivity index (χ0n) is 12.3. The normalized spacial score (nSPS) is 15.2. The van der Waals surface area contributed by atoms with Gasteiger partial charge in [-0.15, -0.1) is 0 Å². The van der Waals surface area contributed by atoms with Crippen molar-refractivity contribution in [1.29, 1.82) is 0 Å². The van der Waals surface area contributed by atoms with Gasteiger partial charge in [-0.05, 0) is 55.3 Å². The van der Waals surface area contributed by atoms with E-state index in [-0.39, 0.29) is 0 Å². The molecule has 1 heterocycles. The Balaban J connectivity index is 1.65. The maximum Gasteiger partial charge on any atom is 0.115 e. The van der Waals surface area contributed by atoms with Crippen LogP contribution in [0.5, 0.6) is 5.75 Å². The van der Waals surface area contributed by atoms with E-state index >= 15 is 0 Å². The minimum Gasteiger partial charge on any atom is -0.508 e. The minimum absolute atomic E-state index is 0.313. The number of aromatic hydroxyl groups is 1. The molecule has 2 aromatic carbocycles. The van der Waals surface area contributed by atoms with Crippen LogP contribution in [0.2, 0.25) is 0 Å². The van der Waals surface area contributed by atoms with E-state index in [2.05, 4.69) is 34.5 Å². The van der Waals surface area contributed by atoms with E-state index in [1.54, 1.807) is 12.1 Å². The van der Waals surface area contributed by atoms with E-state index in [1.807, 2.05) is 12.1 Å². The summed E-state index contributed by atoms with van der Waals surface area (Å²) in [7, 11) is 0. The van der Waals surface area contributed by atoms with Crippen LogP contribution in [0.4, 0.5) is 5.69 Å². The summed E-state index contributed by atoms with van der Waals surface area (Å²) in [4.78, 5) is 2.51. The summed E-state index contributed by atoms with van der Waals surface area (Å²) in [6.07, 6.45) is 2.65. The van der Waals surface area contributed by atoms with Crippen LogP contribution in [-0.4, -0.2) is 23.1 Å². The summed E-state index contributed by atoms with van der Waals surface area (Å²) in [5.41, 5.74) is 3.74. The molecular weight excluding hydrogens is 260 g/mol. The molecule has 0 saturated carbocycles. The number of rotatable bonds is 5. The largest absolute Gasteiger partial charge is 0.508 e. The second-order valence-corrected chi connectivity index (χ2v) is 5.66. The maximum absolute atomic E-state index is 9.32. The van der Waals surface area contributed by atoms with Gasteiger partial charge in [-0.25, -0.2) is 0 Å². The molecule has 110 valence electrons. The first-order valence-electron chi connectivity index (χ1n) is 7.63. The number of hydrogen-bond donors (Lipinski definition) is 2. The van der Waals surface area contributed by atoms with Crippen molar-refractivity contribution >= 4 is 5.69 Å². The number of phenolic OH excluding ortho intramolecular Hbond substituents is 1. The van der Waals surface area contributed by atoms with Gasteiger partial charge in [0.25, 0.3) is 0 Å². The Labute approximate surface area is 126 Å². The summed E-state index contributed by atoms with van der Waals surface area (Å²) in [5.74, 6) is 0.313. The molecule has 1 saturated heterocycles. The van der Waals surface area contributed by atoms with E-state index in [0.717, 1.165) is 13.1 Å². The molecule has 1 fully saturated rings. The SMILES string of the molecule is Oc1ccc(CNc2ccccc2CN2CCCC2)cc1. The highest BCUT2D eigenvalue weighted by molar-refractivity contribution is 5.51. The lowest BCUT2D eigenvalue weighted by atomic mass is 10.1. The highest BCUT2D eigenvalue weighted by atomic mass is 16.3. The zero-order valence-corrected chi connectivity index (χ0v) is 12.3. The summed E-state index contributed by atoms with van der Waals surface area (Å²) in [6, 6.07) is 15.9. The zero-order chi connectivity index (χ0) is 14.5. The van der Waals surface area contributed by atoms with Gasteiger partial charge in [0.2, 0.25) is 0 Å². The van der Waals surface area contributed by atoms with Crippen LogP contribution < -0.4 is 5.32 Å². The number of likely N-dealkylation sites (tertiary alicyclic amines) is 1. The van der Waals surface area contributed by atoms with Crippen LogP contribution in [0.1, 0.15) is 24.0 Å². The molecule has 3 heteroatoms. The van der Waals surface area contributed by atoms with Crippen molar-refractivity contribution in [2.45, 2.75) is 25.9 Å². The van der Waals surface area contributed by atoms with Crippen LogP contribution in [0.25, 0.3) is 0 Å². The molecule has 0 atom stereocenters. The van der Waals surface area contributed by atoms with Gasteiger partial charge in [-0.1, -0.05) is 30.3 Å². The lowest BCUT2D eigenvalue weighted by molar-refractivity contribution is 0.332. The van der Waals surface area contributed by atoms with Crippen molar-refractivity contribution in [3.63, 3.8) is 0 Å². The van der Waals surface area contributed by atoms with Crippen LogP contribution in [0.15, 0.2) is 48.5 Å². The van der Waals surface area contributed by atoms with Crippen molar-refractivity contribution in [3.05, 3.63) is 59.7 Å². The Morgan fingerprint density at radius 1 is 0.952 bits per heavy atom. The topological polar surface area (TPSA) is 35.5 Å². The Morgan fingerprint density at radius 3 is 2.43 bits per heavy atom. The van der Waals surface area contributed by atoms with Gasteiger partial charge < -0.3 is 10.4 Å². The van der Waals surface area contributed by atoms with Crippen molar-refractivity contribution in [2.75, 3.05) is 18.4 Å². The third kappa shape index (κ3) is 3.76. The molecule has 2 aromatic rings. The van der Waals surface area contributed by atoms with E-state index in [4.69, 9.17) is 0 Å². The Morgan fingerprint density at radius 2 is 1.67 bits per heavy atom. The van der Waals surface area contributed by atoms with Crippen LogP contribution in [-0.2, 0) is 13.1 Å². The fourth-order valence-corrected chi connectivity index (χ4v) is 2.82. The molecule has 0 radical (unpaired) electrons. The Kier molecular flexibility index (Phi) is 4.41. The molecular formula is C18H22N2O. The second kappa shape index (κ2) is 6.64. The monoisotopic (exact) mass is 282 g/mol. The van der Waals surface area contributed by atoms with Crippen molar-refractivity contribution in [3.8, 4) is 5.75 Å². The minimum atomic E-state index is 0.313. The molecule has 2 N–H and O–H groups in total. The third-order valence-corrected chi connectivity index (χ3v) is 4.03. The predicted octanol–water partition coefficient (Wildman–Crippen LogP) is 3.60. The van der Waals surface area contributed by atoms with Gasteiger partial charge in [-0.3, -0.25) is 4.90 Å². The average Bonchev–Trinajstić information content (AvgIpc) is 3.01. The summed E-state index contributed by atoms with van der Waals surface area (Å²) < 4.78 is 0. The van der Waals surface area contributed by atoms with Crippen LogP contribution in [0.3, 0.4) is 0 Å². The van der Waals surface area contributed by atoms with Gasteiger partial charge in [0.15, 0.2) is 0 Å². The fraction of sp³-hybridized carbons (Fsp3) is 0.333. The second-order valence-electron chi connectivity index (χ2n) is 5.66. The molecule has 3 rings (SSSR count). The van der Waals surface area contributed by atoms with Crippen molar-refractivity contribution < 1.29 is 5.11 Å². The van der Waals surface area contributed by atoms with Crippen molar-refractivity contribution in [2.24, 2.45) is 0 Å². The number of nitrogens with one attached hydrogen (secondary N) is 1. The Bertz CT molecular complexity index is 574. The molecule has 3 nitrogen and oxygen atoms in total. The first kappa shape index (κ1) is 14.0. The van der Waals surface area contributed by atoms with Gasteiger partial charge in [0.1, 0.15) is 5.75 Å². The number of nitrogens with zero attached hydrogens (tertiary/aromatic N) is 1. The Hall–Kier alpha value is -2.00. The predicted molar refractivity (Wildman–Crippen MR) is 86.4 cm³/mol. The number of para-hydroxylation sites is 1. The lowest BCUT2D eigenvalue weighted by Crippen LogP contribution is -2.19. The molecule has 0 aliphatic carbocycles. The van der Waals surface area contributed by atoms with E-state index < -0.39 is 0 Å². The smallest absolute Gasteiger partial charge is 0.115 e. The van der Waals surface area contributed by atoms with E-state index in [1.165, 1.54) is 42.7 Å². The fourth-order valence-electron chi connectivity index (χ4n) is 2.82. The van der Waals surface area contributed by atoms with Gasteiger partial charge in [0, 0.05) is 18.8 Å². The highest BCUT2D eigenvalue weighted by Gasteiger charge is 2.13. The number of hydrogen-bond acceptors (Lipinski definition) is 3. The molecule has 1 aliphatic rings. The number of phenols is 1. The quantitative estimate of drug-likeness (QED) is 0.879. The standard InChI is InChI=1S/C18H22N2O/c21-17-9-7-15(8-10-17)13-19-18-6-2-1-5-16(18)14-20-11-3-4-12-20/h1-2,5-10,19,21H,3-4,11-14H2. The highest BCUT2D eigenvalue weighted by Crippen LogP contribution is 2.21. The third-order valence-electron chi connectivity index (χ3n) is 4.03. The van der Waals surface area contributed by atoms with Gasteiger partial charge in [-0.2, -0.15) is 0 Å². The first-order valence-corrected chi connectivity index (χ1v) is 7.63. The van der Waals surface area contributed by atoms with Gasteiger partial charge >= 0.3 is 0 Å². The summed E-state index contributed by atoms with van der Waals surface area (Å²) >= 11 is 0. The van der Waals surface area contributed by atoms with Crippen LogP contribution in [0, 0.1) is 0 Å². The lowest BCUT2D eigenvalue weighted by Gasteiger charge is -2.18. The molecule has 1 aliphatic heterocycles. The van der Waals surface area contributed by atoms with Crippen LogP contribution >= 0.6 is 0 Å². The average molecular weight is 282 g/mol. The van der Waals surface area contributed by atoms with E-state index in [0.29, 0.717) is 5.75 Å². The molecule has 0 amide bonds. The molecule has 0 bridgehead atoms. The van der Waals surface area contributed by atoms with E-state index in [9.17, 15) is 5.11 Å². The van der Waals surface area contributed by atoms with Gasteiger partial charge in [0.05, 0.1) is 0 Å². The molecule has 0 unspecified atom stereocenters. The van der Waals surface area contributed by atoms with Crippen molar-refractivity contribution in [1.82, 2.24) is 4.90 Å². The number of anilines is 1. The first-order chi connectivity index (χ1) is 10.3. The number of benzene rings is 2. The molecule has 21 heavy (non-hydrogen) atoms. The molecule has 0 aromatic heterocycles. The maximum atomic E-state index is 9.32. The summed E-state index contributed by atoms with van der Waals surface area (Å²) in [5, 5.41) is 12.8. The summed E-state index contributed by atoms with van der Waals surface area (Å²) in [6.45, 7) is 4.23. The molecule has 0 spiro atoms.